The van der Waals surface area contributed by atoms with Crippen LogP contribution in [0.1, 0.15) is 68.2 Å². The fourth-order valence-corrected chi connectivity index (χ4v) is 3.63. The van der Waals surface area contributed by atoms with Crippen molar-refractivity contribution in [1.82, 2.24) is 5.32 Å². The first kappa shape index (κ1) is 13.7. The van der Waals surface area contributed by atoms with Crippen molar-refractivity contribution >= 4 is 5.91 Å². The molecule has 0 spiro atoms. The van der Waals surface area contributed by atoms with Crippen LogP contribution in [0.25, 0.3) is 0 Å². The van der Waals surface area contributed by atoms with Crippen LogP contribution in [0.2, 0.25) is 0 Å². The molecule has 0 aliphatic heterocycles. The monoisotopic (exact) mass is 271 g/mol. The van der Waals surface area contributed by atoms with Crippen LogP contribution < -0.4 is 5.32 Å². The molecular formula is C18H25NO. The molecule has 1 amide bonds. The normalized spacial score (nSPS) is 20.4. The minimum absolute atomic E-state index is 0.135. The summed E-state index contributed by atoms with van der Waals surface area (Å²) >= 11 is 0. The van der Waals surface area contributed by atoms with E-state index >= 15 is 0 Å². The summed E-state index contributed by atoms with van der Waals surface area (Å²) in [7, 11) is 0. The van der Waals surface area contributed by atoms with E-state index in [-0.39, 0.29) is 17.9 Å². The third kappa shape index (κ3) is 2.89. The highest BCUT2D eigenvalue weighted by molar-refractivity contribution is 5.79. The molecule has 20 heavy (non-hydrogen) atoms. The van der Waals surface area contributed by atoms with Crippen LogP contribution >= 0.6 is 0 Å². The molecular weight excluding hydrogens is 246 g/mol. The van der Waals surface area contributed by atoms with Crippen LogP contribution in [0, 0.1) is 5.92 Å². The summed E-state index contributed by atoms with van der Waals surface area (Å²) in [6.07, 6.45) is 9.62. The Hall–Kier alpha value is -1.31. The number of aryl methyl sites for hydroxylation is 2. The average Bonchev–Trinajstić information content (AvgIpc) is 3.01. The first-order valence-electron chi connectivity index (χ1n) is 8.16. The Labute approximate surface area is 122 Å². The lowest BCUT2D eigenvalue weighted by molar-refractivity contribution is -0.125. The highest BCUT2D eigenvalue weighted by Crippen LogP contribution is 2.27. The fourth-order valence-electron chi connectivity index (χ4n) is 3.63. The highest BCUT2D eigenvalue weighted by Gasteiger charge is 2.24. The van der Waals surface area contributed by atoms with Crippen molar-refractivity contribution in [3.05, 3.63) is 34.9 Å². The maximum Gasteiger partial charge on any atom is 0.223 e. The number of carbonyl (C=O) groups excluding carboxylic acids is 1. The lowest BCUT2D eigenvalue weighted by Gasteiger charge is -2.21. The molecule has 0 radical (unpaired) electrons. The molecule has 1 fully saturated rings. The van der Waals surface area contributed by atoms with Gasteiger partial charge in [0.25, 0.3) is 0 Å². The molecule has 108 valence electrons. The Balaban J connectivity index is 1.67. The van der Waals surface area contributed by atoms with Gasteiger partial charge in [0, 0.05) is 5.92 Å². The number of fused-ring (bicyclic) bond motifs is 1. The number of rotatable bonds is 3. The summed E-state index contributed by atoms with van der Waals surface area (Å²) in [5.41, 5.74) is 4.27. The van der Waals surface area contributed by atoms with Crippen LogP contribution in [0.4, 0.5) is 0 Å². The topological polar surface area (TPSA) is 29.1 Å². The van der Waals surface area contributed by atoms with Gasteiger partial charge < -0.3 is 5.32 Å². The molecule has 2 aliphatic rings. The number of benzene rings is 1. The van der Waals surface area contributed by atoms with Gasteiger partial charge in [-0.05, 0) is 62.1 Å². The van der Waals surface area contributed by atoms with Crippen LogP contribution in [0.5, 0.6) is 0 Å². The molecule has 0 aromatic heterocycles. The molecule has 1 saturated carbocycles. The Bertz CT molecular complexity index is 488. The summed E-state index contributed by atoms with van der Waals surface area (Å²) in [6, 6.07) is 6.91. The lowest BCUT2D eigenvalue weighted by Crippen LogP contribution is -2.31. The third-order valence-electron chi connectivity index (χ3n) is 4.96. The first-order chi connectivity index (χ1) is 9.74. The van der Waals surface area contributed by atoms with Gasteiger partial charge in [-0.2, -0.15) is 0 Å². The zero-order chi connectivity index (χ0) is 13.9. The van der Waals surface area contributed by atoms with Crippen LogP contribution in [-0.2, 0) is 17.6 Å². The van der Waals surface area contributed by atoms with Crippen molar-refractivity contribution in [2.45, 2.75) is 64.3 Å². The number of carbonyl (C=O) groups is 1. The molecule has 2 aliphatic carbocycles. The largest absolute Gasteiger partial charge is 0.349 e. The molecule has 3 rings (SSSR count). The van der Waals surface area contributed by atoms with E-state index in [0.29, 0.717) is 0 Å². The maximum atomic E-state index is 12.2. The van der Waals surface area contributed by atoms with Gasteiger partial charge in [-0.15, -0.1) is 0 Å². The molecule has 1 atom stereocenters. The Morgan fingerprint density at radius 3 is 2.55 bits per heavy atom. The number of hydrogen-bond acceptors (Lipinski definition) is 1. The van der Waals surface area contributed by atoms with Crippen LogP contribution in [0.15, 0.2) is 18.2 Å². The predicted molar refractivity (Wildman–Crippen MR) is 81.6 cm³/mol. The SMILES string of the molecule is C[C@@H](NC(=O)C1CCCC1)c1ccc2c(c1)CCCC2. The second kappa shape index (κ2) is 5.99. The molecule has 0 unspecified atom stereocenters. The van der Waals surface area contributed by atoms with Crippen molar-refractivity contribution in [1.29, 1.82) is 0 Å². The van der Waals surface area contributed by atoms with Gasteiger partial charge in [0.05, 0.1) is 6.04 Å². The Kier molecular flexibility index (Phi) is 4.09. The quantitative estimate of drug-likeness (QED) is 0.886. The van der Waals surface area contributed by atoms with Crippen molar-refractivity contribution in [3.63, 3.8) is 0 Å². The van der Waals surface area contributed by atoms with Crippen LogP contribution in [0.3, 0.4) is 0 Å². The van der Waals surface area contributed by atoms with Gasteiger partial charge in [-0.1, -0.05) is 31.0 Å². The maximum absolute atomic E-state index is 12.2. The van der Waals surface area contributed by atoms with E-state index in [0.717, 1.165) is 12.8 Å². The zero-order valence-electron chi connectivity index (χ0n) is 12.5. The molecule has 2 heteroatoms. The second-order valence-electron chi connectivity index (χ2n) is 6.45. The standard InChI is InChI=1S/C18H25NO/c1-13(19-18(20)15-7-3-4-8-15)16-11-10-14-6-2-5-9-17(14)12-16/h10-13,15H,2-9H2,1H3,(H,19,20)/t13-/m1/s1. The van der Waals surface area contributed by atoms with E-state index in [2.05, 4.69) is 30.4 Å². The van der Waals surface area contributed by atoms with E-state index in [1.54, 1.807) is 0 Å². The van der Waals surface area contributed by atoms with Crippen molar-refractivity contribution in [2.75, 3.05) is 0 Å². The van der Waals surface area contributed by atoms with E-state index in [4.69, 9.17) is 0 Å². The first-order valence-corrected chi connectivity index (χ1v) is 8.16. The van der Waals surface area contributed by atoms with Gasteiger partial charge in [-0.3, -0.25) is 4.79 Å². The minimum Gasteiger partial charge on any atom is -0.349 e. The molecule has 0 bridgehead atoms. The smallest absolute Gasteiger partial charge is 0.223 e. The summed E-state index contributed by atoms with van der Waals surface area (Å²) < 4.78 is 0. The van der Waals surface area contributed by atoms with E-state index in [9.17, 15) is 4.79 Å². The minimum atomic E-state index is 0.135. The number of nitrogens with one attached hydrogen (secondary N) is 1. The lowest BCUT2D eigenvalue weighted by atomic mass is 9.89. The van der Waals surface area contributed by atoms with Crippen LogP contribution in [-0.4, -0.2) is 5.91 Å². The van der Waals surface area contributed by atoms with E-state index < -0.39 is 0 Å². The molecule has 0 saturated heterocycles. The molecule has 0 heterocycles. The molecule has 1 N–H and O–H groups in total. The highest BCUT2D eigenvalue weighted by atomic mass is 16.1. The predicted octanol–water partition coefficient (Wildman–Crippen LogP) is 3.93. The van der Waals surface area contributed by atoms with Crippen molar-refractivity contribution in [2.24, 2.45) is 5.92 Å². The van der Waals surface area contributed by atoms with E-state index in [1.165, 1.54) is 55.2 Å². The number of amides is 1. The molecule has 1 aromatic carbocycles. The Morgan fingerprint density at radius 1 is 1.10 bits per heavy atom. The van der Waals surface area contributed by atoms with Gasteiger partial charge in [-0.25, -0.2) is 0 Å². The summed E-state index contributed by atoms with van der Waals surface area (Å²) in [4.78, 5) is 12.2. The number of hydrogen-bond donors (Lipinski definition) is 1. The third-order valence-corrected chi connectivity index (χ3v) is 4.96. The summed E-state index contributed by atoms with van der Waals surface area (Å²) in [5, 5.41) is 3.21. The van der Waals surface area contributed by atoms with Gasteiger partial charge in [0.1, 0.15) is 0 Å². The summed E-state index contributed by atoms with van der Waals surface area (Å²) in [5.74, 6) is 0.516. The molecule has 1 aromatic rings. The van der Waals surface area contributed by atoms with Gasteiger partial charge in [0.15, 0.2) is 0 Å². The average molecular weight is 271 g/mol. The van der Waals surface area contributed by atoms with Crippen molar-refractivity contribution in [3.8, 4) is 0 Å². The zero-order valence-corrected chi connectivity index (χ0v) is 12.5. The second-order valence-corrected chi connectivity index (χ2v) is 6.45. The van der Waals surface area contributed by atoms with E-state index in [1.807, 2.05) is 0 Å². The van der Waals surface area contributed by atoms with Gasteiger partial charge in [0.2, 0.25) is 5.91 Å². The van der Waals surface area contributed by atoms with Gasteiger partial charge >= 0.3 is 0 Å². The Morgan fingerprint density at radius 2 is 1.80 bits per heavy atom. The van der Waals surface area contributed by atoms with Crippen molar-refractivity contribution < 1.29 is 4.79 Å². The summed E-state index contributed by atoms with van der Waals surface area (Å²) in [6.45, 7) is 2.11. The molecule has 2 nitrogen and oxygen atoms in total. The fraction of sp³-hybridized carbons (Fsp3) is 0.611.